The third-order valence-electron chi connectivity index (χ3n) is 4.56. The molecule has 0 aromatic carbocycles. The van der Waals surface area contributed by atoms with Crippen molar-refractivity contribution in [1.29, 1.82) is 5.26 Å². The van der Waals surface area contributed by atoms with E-state index in [2.05, 4.69) is 16.2 Å². The van der Waals surface area contributed by atoms with Gasteiger partial charge in [0.05, 0.1) is 12.3 Å². The first-order chi connectivity index (χ1) is 12.9. The summed E-state index contributed by atoms with van der Waals surface area (Å²) in [5, 5.41) is 13.8. The van der Waals surface area contributed by atoms with Gasteiger partial charge in [-0.2, -0.15) is 10.4 Å². The van der Waals surface area contributed by atoms with E-state index in [1.807, 2.05) is 26.0 Å². The molecule has 9 heteroatoms. The number of nitrogens with two attached hydrogens (primary N) is 1. The lowest BCUT2D eigenvalue weighted by molar-refractivity contribution is -0.0553. The maximum absolute atomic E-state index is 11.7. The Bertz CT molecular complexity index is 859. The number of anilines is 1. The normalized spacial score (nSPS) is 22.1. The molecule has 1 unspecified atom stereocenters. The number of ether oxygens (including phenoxy) is 3. The summed E-state index contributed by atoms with van der Waals surface area (Å²) in [5.41, 5.74) is 6.10. The van der Waals surface area contributed by atoms with Crippen LogP contribution < -0.4 is 5.73 Å². The van der Waals surface area contributed by atoms with Crippen molar-refractivity contribution in [2.75, 3.05) is 18.9 Å². The average molecular weight is 373 g/mol. The number of carbonyl (C=O) groups is 1. The maximum Gasteiger partial charge on any atom is 0.508 e. The Kier molecular flexibility index (Phi) is 5.46. The van der Waals surface area contributed by atoms with Crippen LogP contribution in [0, 0.1) is 17.2 Å². The zero-order valence-electron chi connectivity index (χ0n) is 15.4. The number of nitriles is 1. The van der Waals surface area contributed by atoms with E-state index in [9.17, 15) is 10.1 Å². The second kappa shape index (κ2) is 7.80. The van der Waals surface area contributed by atoms with Crippen LogP contribution in [0.2, 0.25) is 0 Å². The number of nitrogens with zero attached hydrogens (tertiary/aromatic N) is 4. The van der Waals surface area contributed by atoms with Gasteiger partial charge in [0.1, 0.15) is 30.6 Å². The van der Waals surface area contributed by atoms with E-state index in [0.29, 0.717) is 30.1 Å². The molecule has 0 bridgehead atoms. The van der Waals surface area contributed by atoms with Crippen LogP contribution >= 0.6 is 0 Å². The van der Waals surface area contributed by atoms with E-state index in [4.69, 9.17) is 19.9 Å². The Labute approximate surface area is 157 Å². The number of rotatable bonds is 6. The molecular formula is C18H23N5O4. The first kappa shape index (κ1) is 18.9. The highest BCUT2D eigenvalue weighted by atomic mass is 16.7. The van der Waals surface area contributed by atoms with Gasteiger partial charge in [-0.1, -0.05) is 13.8 Å². The van der Waals surface area contributed by atoms with Crippen LogP contribution in [-0.2, 0) is 14.2 Å². The predicted octanol–water partition coefficient (Wildman–Crippen LogP) is 2.62. The van der Waals surface area contributed by atoms with Crippen LogP contribution in [0.5, 0.6) is 0 Å². The quantitative estimate of drug-likeness (QED) is 0.766. The number of nitrogen functional groups attached to an aromatic ring is 1. The summed E-state index contributed by atoms with van der Waals surface area (Å²) in [7, 11) is 0. The molecule has 1 saturated heterocycles. The van der Waals surface area contributed by atoms with E-state index < -0.39 is 11.8 Å². The molecule has 0 amide bonds. The van der Waals surface area contributed by atoms with E-state index in [0.717, 1.165) is 12.1 Å². The van der Waals surface area contributed by atoms with Crippen molar-refractivity contribution in [2.24, 2.45) is 5.92 Å². The van der Waals surface area contributed by atoms with Crippen molar-refractivity contribution < 1.29 is 19.0 Å². The van der Waals surface area contributed by atoms with Gasteiger partial charge in [-0.25, -0.2) is 14.3 Å². The number of hydrogen-bond acceptors (Lipinski definition) is 8. The molecule has 3 rings (SSSR count). The van der Waals surface area contributed by atoms with Crippen LogP contribution in [0.3, 0.4) is 0 Å². The Morgan fingerprint density at radius 1 is 1.52 bits per heavy atom. The van der Waals surface area contributed by atoms with Crippen LogP contribution in [0.25, 0.3) is 5.52 Å². The summed E-state index contributed by atoms with van der Waals surface area (Å²) in [5.74, 6) is 0.796. The molecule has 144 valence electrons. The summed E-state index contributed by atoms with van der Waals surface area (Å²) < 4.78 is 17.7. The monoisotopic (exact) mass is 373 g/mol. The fourth-order valence-electron chi connectivity index (χ4n) is 3.00. The Morgan fingerprint density at radius 3 is 3.07 bits per heavy atom. The molecule has 2 atom stereocenters. The van der Waals surface area contributed by atoms with E-state index in [1.165, 1.54) is 6.33 Å². The lowest BCUT2D eigenvalue weighted by Crippen LogP contribution is -2.33. The zero-order valence-corrected chi connectivity index (χ0v) is 15.4. The van der Waals surface area contributed by atoms with Gasteiger partial charge in [-0.15, -0.1) is 0 Å². The topological polar surface area (TPSA) is 125 Å². The molecule has 0 spiro atoms. The molecule has 9 nitrogen and oxygen atoms in total. The van der Waals surface area contributed by atoms with Crippen molar-refractivity contribution in [1.82, 2.24) is 14.6 Å². The third-order valence-corrected chi connectivity index (χ3v) is 4.56. The van der Waals surface area contributed by atoms with Gasteiger partial charge in [-0.3, -0.25) is 0 Å². The third kappa shape index (κ3) is 4.11. The molecule has 1 aliphatic heterocycles. The minimum atomic E-state index is -1.20. The summed E-state index contributed by atoms with van der Waals surface area (Å²) in [6.45, 7) is 4.18. The van der Waals surface area contributed by atoms with Crippen molar-refractivity contribution in [3.63, 3.8) is 0 Å². The van der Waals surface area contributed by atoms with Gasteiger partial charge in [-0.05, 0) is 37.3 Å². The minimum Gasteiger partial charge on any atom is -0.434 e. The second-order valence-corrected chi connectivity index (χ2v) is 7.02. The Morgan fingerprint density at radius 2 is 2.33 bits per heavy atom. The van der Waals surface area contributed by atoms with Crippen molar-refractivity contribution in [3.05, 3.63) is 24.2 Å². The molecule has 2 aromatic rings. The van der Waals surface area contributed by atoms with Gasteiger partial charge in [0, 0.05) is 0 Å². The highest BCUT2D eigenvalue weighted by Crippen LogP contribution is 2.40. The molecule has 27 heavy (non-hydrogen) atoms. The molecule has 0 aliphatic carbocycles. The lowest BCUT2D eigenvalue weighted by atomic mass is 10.0. The summed E-state index contributed by atoms with van der Waals surface area (Å²) >= 11 is 0. The zero-order chi connectivity index (χ0) is 19.4. The van der Waals surface area contributed by atoms with Crippen LogP contribution in [0.15, 0.2) is 18.5 Å². The van der Waals surface area contributed by atoms with Crippen LogP contribution in [0.4, 0.5) is 10.6 Å². The highest BCUT2D eigenvalue weighted by molar-refractivity contribution is 5.65. The fraction of sp³-hybridized carbons (Fsp3) is 0.556. The van der Waals surface area contributed by atoms with E-state index in [-0.39, 0.29) is 19.3 Å². The SMILES string of the molecule is CC(C)CCOC(=O)OC[C@]1(C#N)CCC(c2ccc3c(N)ncnn23)O1. The van der Waals surface area contributed by atoms with Crippen LogP contribution in [-0.4, -0.2) is 39.6 Å². The molecule has 3 heterocycles. The predicted molar refractivity (Wildman–Crippen MR) is 95.6 cm³/mol. The molecule has 0 saturated carbocycles. The number of carbonyl (C=O) groups excluding carboxylic acids is 1. The summed E-state index contributed by atoms with van der Waals surface area (Å²) in [6, 6.07) is 5.79. The summed E-state index contributed by atoms with van der Waals surface area (Å²) in [4.78, 5) is 15.7. The van der Waals surface area contributed by atoms with Crippen LogP contribution in [0.1, 0.15) is 44.9 Å². The Balaban J connectivity index is 1.62. The van der Waals surface area contributed by atoms with Gasteiger partial charge in [0.25, 0.3) is 0 Å². The van der Waals surface area contributed by atoms with Crippen molar-refractivity contribution in [2.45, 2.75) is 44.8 Å². The standard InChI is InChI=1S/C18H23N5O4/c1-12(2)6-8-25-17(24)26-10-18(9-19)7-5-15(27-18)13-3-4-14-16(20)21-11-22-23(13)14/h3-4,11-12,15H,5-8,10H2,1-2H3,(H2,20,21,22)/t15?,18-/m1/s1. The largest absolute Gasteiger partial charge is 0.508 e. The molecular weight excluding hydrogens is 350 g/mol. The first-order valence-corrected chi connectivity index (χ1v) is 8.91. The molecule has 2 N–H and O–H groups in total. The fourth-order valence-corrected chi connectivity index (χ4v) is 3.00. The highest BCUT2D eigenvalue weighted by Gasteiger charge is 2.43. The van der Waals surface area contributed by atoms with E-state index in [1.54, 1.807) is 4.52 Å². The van der Waals surface area contributed by atoms with Gasteiger partial charge >= 0.3 is 6.16 Å². The van der Waals surface area contributed by atoms with Gasteiger partial charge in [0.2, 0.25) is 0 Å². The van der Waals surface area contributed by atoms with Gasteiger partial charge in [0.15, 0.2) is 11.4 Å². The molecule has 0 radical (unpaired) electrons. The van der Waals surface area contributed by atoms with E-state index >= 15 is 0 Å². The average Bonchev–Trinajstić information content (AvgIpc) is 3.25. The maximum atomic E-state index is 11.7. The first-order valence-electron chi connectivity index (χ1n) is 8.91. The lowest BCUT2D eigenvalue weighted by Gasteiger charge is -2.21. The number of aromatic nitrogens is 3. The summed E-state index contributed by atoms with van der Waals surface area (Å²) in [6.07, 6.45) is 2.00. The number of hydrogen-bond donors (Lipinski definition) is 1. The van der Waals surface area contributed by atoms with Gasteiger partial charge < -0.3 is 19.9 Å². The number of fused-ring (bicyclic) bond motifs is 1. The molecule has 2 aromatic heterocycles. The molecule has 1 aliphatic rings. The second-order valence-electron chi connectivity index (χ2n) is 7.02. The Hall–Kier alpha value is -2.86. The van der Waals surface area contributed by atoms with Crippen molar-refractivity contribution >= 4 is 17.5 Å². The minimum absolute atomic E-state index is 0.180. The molecule has 1 fully saturated rings. The smallest absolute Gasteiger partial charge is 0.434 e. The van der Waals surface area contributed by atoms with Crippen molar-refractivity contribution in [3.8, 4) is 6.07 Å².